The maximum Gasteiger partial charge on any atom is 0.119 e. The summed E-state index contributed by atoms with van der Waals surface area (Å²) in [7, 11) is 3.44. The van der Waals surface area contributed by atoms with Crippen molar-refractivity contribution in [3.63, 3.8) is 0 Å². The lowest BCUT2D eigenvalue weighted by atomic mass is 9.81. The maximum atomic E-state index is 5.52. The second-order valence-electron chi connectivity index (χ2n) is 13.5. The molecule has 0 aliphatic carbocycles. The molecule has 246 valence electrons. The van der Waals surface area contributed by atoms with Gasteiger partial charge < -0.3 is 9.47 Å². The molecule has 10 aromatic carbocycles. The highest BCUT2D eigenvalue weighted by Gasteiger charge is 2.22. The molecule has 0 spiro atoms. The summed E-state index contributed by atoms with van der Waals surface area (Å²) in [4.78, 5) is 0. The van der Waals surface area contributed by atoms with Crippen molar-refractivity contribution in [2.45, 2.75) is 0 Å². The van der Waals surface area contributed by atoms with E-state index in [0.717, 1.165) is 22.3 Å². The van der Waals surface area contributed by atoms with Crippen molar-refractivity contribution in [1.29, 1.82) is 0 Å². The summed E-state index contributed by atoms with van der Waals surface area (Å²) < 4.78 is 11.0. The third-order valence-electron chi connectivity index (χ3n) is 10.8. The van der Waals surface area contributed by atoms with Gasteiger partial charge >= 0.3 is 0 Å². The molecule has 2 nitrogen and oxygen atoms in total. The largest absolute Gasteiger partial charge is 0.497 e. The molecule has 0 unspecified atom stereocenters. The average Bonchev–Trinajstić information content (AvgIpc) is 3.21. The van der Waals surface area contributed by atoms with E-state index in [1.54, 1.807) is 14.2 Å². The first-order chi connectivity index (χ1) is 25.7. The van der Waals surface area contributed by atoms with E-state index in [-0.39, 0.29) is 0 Å². The molecular formula is C50H34O2. The minimum Gasteiger partial charge on any atom is -0.497 e. The predicted octanol–water partition coefficient (Wildman–Crippen LogP) is 13.6. The van der Waals surface area contributed by atoms with Gasteiger partial charge in [-0.2, -0.15) is 0 Å². The van der Waals surface area contributed by atoms with Gasteiger partial charge in [0.2, 0.25) is 0 Å². The summed E-state index contributed by atoms with van der Waals surface area (Å²) >= 11 is 0. The van der Waals surface area contributed by atoms with Gasteiger partial charge in [-0.05, 0) is 134 Å². The molecule has 0 fully saturated rings. The number of benzene rings is 10. The number of methoxy groups -OCH3 is 2. The van der Waals surface area contributed by atoms with E-state index in [2.05, 4.69) is 158 Å². The topological polar surface area (TPSA) is 18.5 Å². The lowest BCUT2D eigenvalue weighted by molar-refractivity contribution is 0.415. The fraction of sp³-hybridized carbons (Fsp3) is 0.0400. The Hall–Kier alpha value is -6.64. The van der Waals surface area contributed by atoms with Gasteiger partial charge in [-0.25, -0.2) is 0 Å². The summed E-state index contributed by atoms with van der Waals surface area (Å²) in [5.74, 6) is 1.74. The van der Waals surface area contributed by atoms with E-state index in [1.807, 2.05) is 12.1 Å². The number of rotatable bonds is 5. The molecule has 10 aromatic rings. The molecule has 0 saturated carbocycles. The van der Waals surface area contributed by atoms with Crippen molar-refractivity contribution in [2.24, 2.45) is 0 Å². The fourth-order valence-electron chi connectivity index (χ4n) is 8.43. The van der Waals surface area contributed by atoms with Crippen LogP contribution < -0.4 is 9.47 Å². The van der Waals surface area contributed by atoms with Crippen LogP contribution in [0.2, 0.25) is 0 Å². The molecule has 0 aromatic heterocycles. The Kier molecular flexibility index (Phi) is 6.97. The Morgan fingerprint density at radius 3 is 0.846 bits per heavy atom. The average molecular weight is 667 g/mol. The minimum absolute atomic E-state index is 0.868. The van der Waals surface area contributed by atoms with Crippen LogP contribution in [0.15, 0.2) is 170 Å². The Morgan fingerprint density at radius 2 is 0.538 bits per heavy atom. The Morgan fingerprint density at radius 1 is 0.269 bits per heavy atom. The van der Waals surface area contributed by atoms with Crippen LogP contribution in [0.25, 0.3) is 98.0 Å². The first-order valence-electron chi connectivity index (χ1n) is 17.7. The molecule has 0 saturated heterocycles. The number of hydrogen-bond donors (Lipinski definition) is 0. The molecule has 0 bridgehead atoms. The van der Waals surface area contributed by atoms with Crippen LogP contribution >= 0.6 is 0 Å². The SMILES string of the molecule is COc1ccc2cc(-c3c4ccccc4c(-c4c5ccccc5c(-c5ccc6cc(OC)ccc6c5)c5ccccc45)c4ccccc34)ccc2c1. The summed E-state index contributed by atoms with van der Waals surface area (Å²) in [6.07, 6.45) is 0. The van der Waals surface area contributed by atoms with Crippen LogP contribution in [0.3, 0.4) is 0 Å². The maximum absolute atomic E-state index is 5.52. The standard InChI is InChI=1S/C50H34O2/c1-51-37-25-23-31-27-35(21-19-33(31)29-37)47-39-11-3-7-15-43(39)49(44-16-8-4-12-40(44)47)50-45-17-9-5-13-41(45)48(42-14-6-10-18-46(42)50)36-22-20-34-30-38(52-2)26-24-32(34)28-36/h3-30H,1-2H3. The van der Waals surface area contributed by atoms with Crippen molar-refractivity contribution < 1.29 is 9.47 Å². The smallest absolute Gasteiger partial charge is 0.119 e. The second-order valence-corrected chi connectivity index (χ2v) is 13.5. The first-order valence-corrected chi connectivity index (χ1v) is 17.7. The van der Waals surface area contributed by atoms with Crippen LogP contribution in [0.5, 0.6) is 11.5 Å². The molecule has 2 heteroatoms. The molecule has 10 rings (SSSR count). The van der Waals surface area contributed by atoms with E-state index in [9.17, 15) is 0 Å². The van der Waals surface area contributed by atoms with Crippen molar-refractivity contribution >= 4 is 64.6 Å². The van der Waals surface area contributed by atoms with Crippen LogP contribution in [0.4, 0.5) is 0 Å². The third-order valence-corrected chi connectivity index (χ3v) is 10.8. The quantitative estimate of drug-likeness (QED) is 0.170. The molecule has 0 heterocycles. The lowest BCUT2D eigenvalue weighted by Crippen LogP contribution is -1.94. The van der Waals surface area contributed by atoms with Crippen molar-refractivity contribution in [3.8, 4) is 44.9 Å². The fourth-order valence-corrected chi connectivity index (χ4v) is 8.43. The van der Waals surface area contributed by atoms with Gasteiger partial charge in [0.25, 0.3) is 0 Å². The van der Waals surface area contributed by atoms with Gasteiger partial charge in [0.15, 0.2) is 0 Å². The summed E-state index contributed by atoms with van der Waals surface area (Å²) in [5, 5.41) is 14.7. The zero-order chi connectivity index (χ0) is 34.8. The summed E-state index contributed by atoms with van der Waals surface area (Å²) in [6.45, 7) is 0. The minimum atomic E-state index is 0.868. The van der Waals surface area contributed by atoms with Gasteiger partial charge in [-0.1, -0.05) is 133 Å². The lowest BCUT2D eigenvalue weighted by Gasteiger charge is -2.22. The molecular weight excluding hydrogens is 633 g/mol. The normalized spacial score (nSPS) is 11.7. The molecule has 0 atom stereocenters. The van der Waals surface area contributed by atoms with Crippen LogP contribution in [-0.2, 0) is 0 Å². The van der Waals surface area contributed by atoms with Gasteiger partial charge in [0, 0.05) is 0 Å². The van der Waals surface area contributed by atoms with Crippen molar-refractivity contribution in [3.05, 3.63) is 170 Å². The summed E-state index contributed by atoms with van der Waals surface area (Å²) in [5.41, 5.74) is 7.46. The van der Waals surface area contributed by atoms with Crippen molar-refractivity contribution in [1.82, 2.24) is 0 Å². The van der Waals surface area contributed by atoms with Gasteiger partial charge in [-0.15, -0.1) is 0 Å². The monoisotopic (exact) mass is 666 g/mol. The number of hydrogen-bond acceptors (Lipinski definition) is 2. The van der Waals surface area contributed by atoms with Gasteiger partial charge in [0.1, 0.15) is 11.5 Å². The van der Waals surface area contributed by atoms with Crippen molar-refractivity contribution in [2.75, 3.05) is 14.2 Å². The molecule has 0 radical (unpaired) electrons. The van der Waals surface area contributed by atoms with E-state index >= 15 is 0 Å². The van der Waals surface area contributed by atoms with E-state index in [0.29, 0.717) is 0 Å². The van der Waals surface area contributed by atoms with Gasteiger partial charge in [0.05, 0.1) is 14.2 Å². The highest BCUT2D eigenvalue weighted by atomic mass is 16.5. The molecule has 0 aliphatic heterocycles. The van der Waals surface area contributed by atoms with E-state index < -0.39 is 0 Å². The van der Waals surface area contributed by atoms with E-state index in [4.69, 9.17) is 9.47 Å². The Bertz CT molecular complexity index is 2720. The highest BCUT2D eigenvalue weighted by molar-refractivity contribution is 6.30. The van der Waals surface area contributed by atoms with Crippen LogP contribution in [-0.4, -0.2) is 14.2 Å². The zero-order valence-electron chi connectivity index (χ0n) is 29.0. The zero-order valence-corrected chi connectivity index (χ0v) is 29.0. The molecule has 0 N–H and O–H groups in total. The molecule has 52 heavy (non-hydrogen) atoms. The number of fused-ring (bicyclic) bond motifs is 6. The van der Waals surface area contributed by atoms with E-state index in [1.165, 1.54) is 87.2 Å². The first kappa shape index (κ1) is 30.2. The van der Waals surface area contributed by atoms with Gasteiger partial charge in [-0.3, -0.25) is 0 Å². The highest BCUT2D eigenvalue weighted by Crippen LogP contribution is 2.50. The third kappa shape index (κ3) is 4.65. The number of ether oxygens (including phenoxy) is 2. The summed E-state index contributed by atoms with van der Waals surface area (Å²) in [6, 6.07) is 62.0. The van der Waals surface area contributed by atoms with Crippen LogP contribution in [0, 0.1) is 0 Å². The molecule has 0 amide bonds. The predicted molar refractivity (Wildman–Crippen MR) is 221 cm³/mol. The van der Waals surface area contributed by atoms with Crippen LogP contribution in [0.1, 0.15) is 0 Å². The molecule has 0 aliphatic rings. The Balaban J connectivity index is 1.30. The Labute approximate surface area is 302 Å². The second kappa shape index (κ2) is 12.0.